The fraction of sp³-hybridized carbons (Fsp3) is 0.833. The molecule has 0 aromatic carbocycles. The first-order valence-corrected chi connectivity index (χ1v) is 6.57. The van der Waals surface area contributed by atoms with Crippen LogP contribution in [0.25, 0.3) is 0 Å². The van der Waals surface area contributed by atoms with Crippen LogP contribution in [0.4, 0.5) is 5.82 Å². The lowest BCUT2D eigenvalue weighted by atomic mass is 10.1. The minimum atomic E-state index is 0.502. The molecule has 0 aliphatic heterocycles. The Hall–Kier alpha value is -1.06. The van der Waals surface area contributed by atoms with Gasteiger partial charge in [0.1, 0.15) is 11.5 Å². The van der Waals surface area contributed by atoms with E-state index in [1.807, 2.05) is 4.68 Å². The molecule has 88 valence electrons. The van der Waals surface area contributed by atoms with Crippen LogP contribution in [0.2, 0.25) is 0 Å². The minimum Gasteiger partial charge on any atom is -0.382 e. The Morgan fingerprint density at radius 3 is 2.31 bits per heavy atom. The summed E-state index contributed by atoms with van der Waals surface area (Å²) < 4.78 is 2.00. The first-order valence-electron chi connectivity index (χ1n) is 6.57. The van der Waals surface area contributed by atoms with Gasteiger partial charge in [-0.2, -0.15) is 0 Å². The summed E-state index contributed by atoms with van der Waals surface area (Å²) in [5, 5.41) is 8.56. The monoisotopic (exact) mass is 220 g/mol. The molecule has 2 saturated carbocycles. The zero-order chi connectivity index (χ0) is 11.0. The van der Waals surface area contributed by atoms with Crippen LogP contribution in [0.15, 0.2) is 0 Å². The molecule has 0 unspecified atom stereocenters. The summed E-state index contributed by atoms with van der Waals surface area (Å²) in [5.41, 5.74) is 7.22. The normalized spacial score (nSPS) is 23.2. The maximum Gasteiger partial charge on any atom is 0.146 e. The van der Waals surface area contributed by atoms with Gasteiger partial charge in [-0.15, -0.1) is 5.10 Å². The second kappa shape index (κ2) is 4.07. The van der Waals surface area contributed by atoms with Crippen molar-refractivity contribution in [1.29, 1.82) is 0 Å². The van der Waals surface area contributed by atoms with E-state index in [0.717, 1.165) is 11.5 Å². The maximum absolute atomic E-state index is 6.16. The third-order valence-corrected chi connectivity index (χ3v) is 3.89. The molecule has 4 nitrogen and oxygen atoms in total. The molecule has 1 heterocycles. The third-order valence-electron chi connectivity index (χ3n) is 3.89. The molecule has 0 radical (unpaired) electrons. The molecule has 0 atom stereocenters. The highest BCUT2D eigenvalue weighted by Crippen LogP contribution is 2.42. The first kappa shape index (κ1) is 10.1. The number of nitrogen functional groups attached to an aromatic ring is 1. The van der Waals surface area contributed by atoms with Gasteiger partial charge in [0, 0.05) is 5.92 Å². The predicted octanol–water partition coefficient (Wildman–Crippen LogP) is 2.63. The van der Waals surface area contributed by atoms with Crippen molar-refractivity contribution in [3.05, 3.63) is 5.69 Å². The Kier molecular flexibility index (Phi) is 2.58. The van der Waals surface area contributed by atoms with Gasteiger partial charge in [0.25, 0.3) is 0 Å². The molecule has 3 rings (SSSR count). The van der Waals surface area contributed by atoms with Crippen LogP contribution in [0.5, 0.6) is 0 Å². The van der Waals surface area contributed by atoms with Crippen molar-refractivity contribution in [2.75, 3.05) is 5.73 Å². The van der Waals surface area contributed by atoms with E-state index in [9.17, 15) is 0 Å². The zero-order valence-corrected chi connectivity index (χ0v) is 9.73. The average Bonchev–Trinajstić information content (AvgIpc) is 3.08. The Morgan fingerprint density at radius 1 is 1.00 bits per heavy atom. The lowest BCUT2D eigenvalue weighted by Gasteiger charge is -2.15. The Labute approximate surface area is 96.2 Å². The maximum atomic E-state index is 6.16. The summed E-state index contributed by atoms with van der Waals surface area (Å²) in [6, 6.07) is 0.502. The first-order chi connectivity index (χ1) is 7.86. The van der Waals surface area contributed by atoms with E-state index in [2.05, 4.69) is 10.3 Å². The molecule has 0 spiro atoms. The van der Waals surface area contributed by atoms with E-state index < -0.39 is 0 Å². The molecule has 0 bridgehead atoms. The van der Waals surface area contributed by atoms with Gasteiger partial charge in [0.2, 0.25) is 0 Å². The number of aromatic nitrogens is 3. The molecule has 16 heavy (non-hydrogen) atoms. The summed E-state index contributed by atoms with van der Waals surface area (Å²) >= 11 is 0. The molecule has 1 aromatic rings. The Balaban J connectivity index is 1.81. The van der Waals surface area contributed by atoms with E-state index in [0.29, 0.717) is 12.0 Å². The van der Waals surface area contributed by atoms with Crippen molar-refractivity contribution >= 4 is 5.82 Å². The largest absolute Gasteiger partial charge is 0.382 e. The van der Waals surface area contributed by atoms with Gasteiger partial charge in [0.05, 0.1) is 6.04 Å². The van der Waals surface area contributed by atoms with Crippen LogP contribution in [-0.2, 0) is 0 Å². The van der Waals surface area contributed by atoms with E-state index in [4.69, 9.17) is 5.73 Å². The number of hydrogen-bond acceptors (Lipinski definition) is 3. The number of hydrogen-bond donors (Lipinski definition) is 1. The van der Waals surface area contributed by atoms with Crippen molar-refractivity contribution in [1.82, 2.24) is 15.0 Å². The van der Waals surface area contributed by atoms with Crippen LogP contribution in [-0.4, -0.2) is 15.0 Å². The summed E-state index contributed by atoms with van der Waals surface area (Å²) in [6.07, 6.45) is 10.3. The molecule has 2 fully saturated rings. The number of rotatable bonds is 2. The summed E-state index contributed by atoms with van der Waals surface area (Å²) in [5.74, 6) is 1.45. The number of anilines is 1. The fourth-order valence-electron chi connectivity index (χ4n) is 2.73. The van der Waals surface area contributed by atoms with Gasteiger partial charge >= 0.3 is 0 Å². The second-order valence-electron chi connectivity index (χ2n) is 5.22. The molecule has 0 amide bonds. The highest BCUT2D eigenvalue weighted by atomic mass is 15.5. The van der Waals surface area contributed by atoms with Crippen LogP contribution in [0.1, 0.15) is 69.0 Å². The number of nitrogens with two attached hydrogens (primary N) is 1. The van der Waals surface area contributed by atoms with Gasteiger partial charge in [-0.05, 0) is 25.7 Å². The summed E-state index contributed by atoms with van der Waals surface area (Å²) in [7, 11) is 0. The van der Waals surface area contributed by atoms with E-state index in [1.165, 1.54) is 51.4 Å². The van der Waals surface area contributed by atoms with E-state index in [1.54, 1.807) is 0 Å². The molecule has 2 N–H and O–H groups in total. The lowest BCUT2D eigenvalue weighted by molar-refractivity contribution is 0.401. The Morgan fingerprint density at radius 2 is 1.69 bits per heavy atom. The van der Waals surface area contributed by atoms with Crippen LogP contribution >= 0.6 is 0 Å². The fourth-order valence-corrected chi connectivity index (χ4v) is 2.73. The lowest BCUT2D eigenvalue weighted by Crippen LogP contribution is -2.13. The molecule has 1 aromatic heterocycles. The molecular formula is C12H20N4. The van der Waals surface area contributed by atoms with Gasteiger partial charge in [-0.1, -0.05) is 30.9 Å². The average molecular weight is 220 g/mol. The summed E-state index contributed by atoms with van der Waals surface area (Å²) in [6.45, 7) is 0. The van der Waals surface area contributed by atoms with E-state index >= 15 is 0 Å². The van der Waals surface area contributed by atoms with Crippen molar-refractivity contribution in [2.24, 2.45) is 0 Å². The van der Waals surface area contributed by atoms with Gasteiger partial charge < -0.3 is 5.73 Å². The summed E-state index contributed by atoms with van der Waals surface area (Å²) in [4.78, 5) is 0. The van der Waals surface area contributed by atoms with Gasteiger partial charge in [-0.25, -0.2) is 4.68 Å². The Bertz CT molecular complexity index is 359. The quantitative estimate of drug-likeness (QED) is 0.779. The van der Waals surface area contributed by atoms with Crippen molar-refractivity contribution in [3.63, 3.8) is 0 Å². The molecule has 0 saturated heterocycles. The van der Waals surface area contributed by atoms with Crippen LogP contribution < -0.4 is 5.73 Å². The zero-order valence-electron chi connectivity index (χ0n) is 9.73. The molecule has 4 heteroatoms. The van der Waals surface area contributed by atoms with Gasteiger partial charge in [0.15, 0.2) is 0 Å². The SMILES string of the molecule is Nc1c(C2CC2)nnn1C1CCCCCC1. The van der Waals surface area contributed by atoms with Crippen molar-refractivity contribution < 1.29 is 0 Å². The van der Waals surface area contributed by atoms with Crippen LogP contribution in [0.3, 0.4) is 0 Å². The molecule has 2 aliphatic carbocycles. The molecular weight excluding hydrogens is 200 g/mol. The topological polar surface area (TPSA) is 56.7 Å². The highest BCUT2D eigenvalue weighted by molar-refractivity contribution is 5.39. The van der Waals surface area contributed by atoms with Crippen molar-refractivity contribution in [2.45, 2.75) is 63.3 Å². The predicted molar refractivity (Wildman–Crippen MR) is 63.1 cm³/mol. The second-order valence-corrected chi connectivity index (χ2v) is 5.22. The number of nitrogens with zero attached hydrogens (tertiary/aromatic N) is 3. The molecule has 2 aliphatic rings. The van der Waals surface area contributed by atoms with E-state index in [-0.39, 0.29) is 0 Å². The minimum absolute atomic E-state index is 0.502. The third kappa shape index (κ3) is 1.81. The highest BCUT2D eigenvalue weighted by Gasteiger charge is 2.31. The smallest absolute Gasteiger partial charge is 0.146 e. The van der Waals surface area contributed by atoms with Crippen molar-refractivity contribution in [3.8, 4) is 0 Å². The standard InChI is InChI=1S/C12H20N4/c13-12-11(9-7-8-9)14-15-16(12)10-5-3-1-2-4-6-10/h9-10H,1-8,13H2. The van der Waals surface area contributed by atoms with Gasteiger partial charge in [-0.3, -0.25) is 0 Å². The van der Waals surface area contributed by atoms with Crippen LogP contribution in [0, 0.1) is 0 Å².